The van der Waals surface area contributed by atoms with E-state index < -0.39 is 0 Å². The molecule has 0 aliphatic heterocycles. The average molecular weight is 186 g/mol. The molecule has 1 aromatic carbocycles. The molecule has 3 N–H and O–H groups in total. The number of nitrogens with two attached hydrogens (primary N) is 1. The van der Waals surface area contributed by atoms with Crippen molar-refractivity contribution in [2.24, 2.45) is 0 Å². The number of carbonyl (C=O) groups is 1. The molecule has 0 fully saturated rings. The highest BCUT2D eigenvalue weighted by Crippen LogP contribution is 2.20. The Morgan fingerprint density at radius 1 is 1.58 bits per heavy atom. The number of hydrogen-bond acceptors (Lipinski definition) is 3. The molecule has 3 nitrogen and oxygen atoms in total. The zero-order chi connectivity index (χ0) is 9.14. The summed E-state index contributed by atoms with van der Waals surface area (Å²) >= 11 is 5.31. The number of halogens is 1. The summed E-state index contributed by atoms with van der Waals surface area (Å²) in [6, 6.07) is 4.29. The van der Waals surface area contributed by atoms with Gasteiger partial charge >= 0.3 is 0 Å². The third kappa shape index (κ3) is 1.68. The van der Waals surface area contributed by atoms with Gasteiger partial charge in [0, 0.05) is 5.69 Å². The summed E-state index contributed by atoms with van der Waals surface area (Å²) < 4.78 is 0. The molecule has 0 atom stereocenters. The van der Waals surface area contributed by atoms with Crippen molar-refractivity contribution in [2.75, 3.05) is 11.6 Å². The Kier molecular flexibility index (Phi) is 2.55. The van der Waals surface area contributed by atoms with Crippen molar-refractivity contribution in [1.82, 2.24) is 0 Å². The predicted molar refractivity (Wildman–Crippen MR) is 47.6 cm³/mol. The van der Waals surface area contributed by atoms with Gasteiger partial charge in [0.1, 0.15) is 5.75 Å². The highest BCUT2D eigenvalue weighted by Gasteiger charge is 2.09. The molecule has 4 heteroatoms. The van der Waals surface area contributed by atoms with E-state index >= 15 is 0 Å². The zero-order valence-electron chi connectivity index (χ0n) is 6.25. The Labute approximate surface area is 74.8 Å². The molecule has 0 saturated carbocycles. The highest BCUT2D eigenvalue weighted by atomic mass is 35.5. The molecule has 0 saturated heterocycles. The van der Waals surface area contributed by atoms with E-state index in [1.54, 1.807) is 0 Å². The van der Waals surface area contributed by atoms with Crippen molar-refractivity contribution in [3.05, 3.63) is 23.8 Å². The van der Waals surface area contributed by atoms with Gasteiger partial charge in [0.2, 0.25) is 0 Å². The van der Waals surface area contributed by atoms with Gasteiger partial charge in [-0.1, -0.05) is 0 Å². The van der Waals surface area contributed by atoms with Crippen LogP contribution in [0.1, 0.15) is 10.4 Å². The monoisotopic (exact) mass is 185 g/mol. The topological polar surface area (TPSA) is 63.3 Å². The second kappa shape index (κ2) is 3.45. The Hall–Kier alpha value is -1.22. The Bertz CT molecular complexity index is 312. The van der Waals surface area contributed by atoms with Crippen LogP contribution in [0.4, 0.5) is 5.69 Å². The van der Waals surface area contributed by atoms with Crippen LogP contribution in [0.25, 0.3) is 0 Å². The molecule has 0 aromatic heterocycles. The van der Waals surface area contributed by atoms with Crippen molar-refractivity contribution in [3.8, 4) is 5.75 Å². The van der Waals surface area contributed by atoms with E-state index in [0.29, 0.717) is 5.69 Å². The summed E-state index contributed by atoms with van der Waals surface area (Å²) in [6.07, 6.45) is 0. The largest absolute Gasteiger partial charge is 0.507 e. The van der Waals surface area contributed by atoms with Crippen molar-refractivity contribution in [2.45, 2.75) is 0 Å². The lowest BCUT2D eigenvalue weighted by atomic mass is 10.1. The maximum atomic E-state index is 11.0. The summed E-state index contributed by atoms with van der Waals surface area (Å²) in [4.78, 5) is 11.0. The number of anilines is 1. The lowest BCUT2D eigenvalue weighted by Gasteiger charge is -2.01. The van der Waals surface area contributed by atoms with E-state index in [-0.39, 0.29) is 23.0 Å². The second-order valence-electron chi connectivity index (χ2n) is 2.33. The first-order chi connectivity index (χ1) is 5.65. The van der Waals surface area contributed by atoms with Crippen LogP contribution < -0.4 is 5.73 Å². The van der Waals surface area contributed by atoms with E-state index in [2.05, 4.69) is 0 Å². The molecule has 0 aliphatic rings. The smallest absolute Gasteiger partial charge is 0.181 e. The molecule has 12 heavy (non-hydrogen) atoms. The lowest BCUT2D eigenvalue weighted by Crippen LogP contribution is -2.01. The molecule has 0 radical (unpaired) electrons. The van der Waals surface area contributed by atoms with Gasteiger partial charge in [0.25, 0.3) is 0 Å². The zero-order valence-corrected chi connectivity index (χ0v) is 7.01. The minimum atomic E-state index is -0.332. The van der Waals surface area contributed by atoms with Gasteiger partial charge < -0.3 is 10.8 Å². The van der Waals surface area contributed by atoms with E-state index in [4.69, 9.17) is 17.3 Å². The van der Waals surface area contributed by atoms with E-state index in [9.17, 15) is 9.90 Å². The minimum absolute atomic E-state index is 0.0881. The summed E-state index contributed by atoms with van der Waals surface area (Å²) in [5, 5.41) is 9.20. The quantitative estimate of drug-likeness (QED) is 0.317. The maximum Gasteiger partial charge on any atom is 0.181 e. The molecule has 0 heterocycles. The highest BCUT2D eigenvalue weighted by molar-refractivity contribution is 6.30. The Morgan fingerprint density at radius 3 is 2.83 bits per heavy atom. The van der Waals surface area contributed by atoms with Crippen LogP contribution in [-0.2, 0) is 0 Å². The number of ketones is 1. The second-order valence-corrected chi connectivity index (χ2v) is 2.60. The number of Topliss-reactive ketones (excluding diaryl/α,β-unsaturated/α-hetero) is 1. The Morgan fingerprint density at radius 2 is 2.25 bits per heavy atom. The van der Waals surface area contributed by atoms with Crippen LogP contribution >= 0.6 is 11.6 Å². The lowest BCUT2D eigenvalue weighted by molar-refractivity contribution is 0.101. The van der Waals surface area contributed by atoms with E-state index in [0.717, 1.165) is 0 Å². The molecule has 0 unspecified atom stereocenters. The third-order valence-corrected chi connectivity index (χ3v) is 1.69. The summed E-state index contributed by atoms with van der Waals surface area (Å²) in [6.45, 7) is 0. The molecular weight excluding hydrogens is 178 g/mol. The molecule has 64 valence electrons. The summed E-state index contributed by atoms with van der Waals surface area (Å²) in [5.41, 5.74) is 6.02. The van der Waals surface area contributed by atoms with Gasteiger partial charge in [-0.05, 0) is 18.2 Å². The maximum absolute atomic E-state index is 11.0. The van der Waals surface area contributed by atoms with Gasteiger partial charge in [0.05, 0.1) is 11.4 Å². The molecule has 0 amide bonds. The number of phenols is 1. The van der Waals surface area contributed by atoms with E-state index in [1.165, 1.54) is 18.2 Å². The van der Waals surface area contributed by atoms with Crippen LogP contribution in [0.5, 0.6) is 5.75 Å². The predicted octanol–water partition coefficient (Wildman–Crippen LogP) is 1.40. The number of nitrogen functional groups attached to an aromatic ring is 1. The normalized spacial score (nSPS) is 9.75. The van der Waals surface area contributed by atoms with Crippen LogP contribution in [0, 0.1) is 0 Å². The van der Waals surface area contributed by atoms with Crippen LogP contribution in [0.3, 0.4) is 0 Å². The first-order valence-electron chi connectivity index (χ1n) is 3.33. The number of phenolic OH excluding ortho intramolecular Hbond substituents is 1. The van der Waals surface area contributed by atoms with Gasteiger partial charge in [0.15, 0.2) is 5.78 Å². The number of aromatic hydroxyl groups is 1. The number of alkyl halides is 1. The number of rotatable bonds is 2. The Balaban J connectivity index is 3.13. The summed E-state index contributed by atoms with van der Waals surface area (Å²) in [7, 11) is 0. The van der Waals surface area contributed by atoms with E-state index in [1.807, 2.05) is 0 Å². The molecular formula is C8H8ClNO2. The van der Waals surface area contributed by atoms with Crippen molar-refractivity contribution < 1.29 is 9.90 Å². The van der Waals surface area contributed by atoms with Gasteiger partial charge in [-0.3, -0.25) is 4.79 Å². The minimum Gasteiger partial charge on any atom is -0.507 e. The fraction of sp³-hybridized carbons (Fsp3) is 0.125. The van der Waals surface area contributed by atoms with Crippen molar-refractivity contribution >= 4 is 23.1 Å². The summed E-state index contributed by atoms with van der Waals surface area (Å²) in [5.74, 6) is -0.576. The van der Waals surface area contributed by atoms with Crippen molar-refractivity contribution in [3.63, 3.8) is 0 Å². The fourth-order valence-electron chi connectivity index (χ4n) is 0.849. The number of benzene rings is 1. The molecule has 1 rings (SSSR count). The molecule has 0 bridgehead atoms. The van der Waals surface area contributed by atoms with Crippen LogP contribution in [-0.4, -0.2) is 16.8 Å². The fourth-order valence-corrected chi connectivity index (χ4v) is 0.993. The SMILES string of the molecule is Nc1ccc(O)c(C(=O)CCl)c1. The van der Waals surface area contributed by atoms with Crippen LogP contribution in [0.15, 0.2) is 18.2 Å². The van der Waals surface area contributed by atoms with Crippen LogP contribution in [0.2, 0.25) is 0 Å². The van der Waals surface area contributed by atoms with Gasteiger partial charge in [-0.2, -0.15) is 0 Å². The molecule has 0 aliphatic carbocycles. The standard InChI is InChI=1S/C8H8ClNO2/c9-4-8(12)6-3-5(10)1-2-7(6)11/h1-3,11H,4,10H2. The first-order valence-corrected chi connectivity index (χ1v) is 3.86. The number of carbonyl (C=O) groups excluding carboxylic acids is 1. The number of hydrogen-bond donors (Lipinski definition) is 2. The molecule has 1 aromatic rings. The van der Waals surface area contributed by atoms with Crippen molar-refractivity contribution in [1.29, 1.82) is 0 Å². The van der Waals surface area contributed by atoms with Gasteiger partial charge in [-0.25, -0.2) is 0 Å². The first kappa shape index (κ1) is 8.87. The van der Waals surface area contributed by atoms with Gasteiger partial charge in [-0.15, -0.1) is 11.6 Å². The molecule has 0 spiro atoms. The average Bonchev–Trinajstić information content (AvgIpc) is 2.08. The third-order valence-electron chi connectivity index (χ3n) is 1.44.